The fourth-order valence-electron chi connectivity index (χ4n) is 4.38. The number of pyridine rings is 1. The van der Waals surface area contributed by atoms with Crippen molar-refractivity contribution in [2.24, 2.45) is 11.8 Å². The molecule has 1 fully saturated rings. The largest absolute Gasteiger partial charge is 0.497 e. The predicted octanol–water partition coefficient (Wildman–Crippen LogP) is 2.96. The Bertz CT molecular complexity index is 1190. The molecule has 10 heteroatoms. The molecule has 184 valence electrons. The SMILES string of the molecule is COc1cccc(CNC(=O)c2cc(-c3nnn(C[C@H]4CC[C@H](C(=O)OC)CC4)n3)cc(C)n2)c1. The lowest BCUT2D eigenvalue weighted by molar-refractivity contribution is -0.146. The first-order chi connectivity index (χ1) is 16.9. The number of hydrogen-bond acceptors (Lipinski definition) is 8. The van der Waals surface area contributed by atoms with Crippen molar-refractivity contribution in [1.29, 1.82) is 0 Å². The lowest BCUT2D eigenvalue weighted by Crippen LogP contribution is -2.25. The number of nitrogens with one attached hydrogen (secondary N) is 1. The fraction of sp³-hybridized carbons (Fsp3) is 0.440. The fourth-order valence-corrected chi connectivity index (χ4v) is 4.38. The monoisotopic (exact) mass is 478 g/mol. The lowest BCUT2D eigenvalue weighted by atomic mass is 9.82. The second kappa shape index (κ2) is 11.1. The lowest BCUT2D eigenvalue weighted by Gasteiger charge is -2.26. The second-order valence-corrected chi connectivity index (χ2v) is 8.83. The van der Waals surface area contributed by atoms with Crippen LogP contribution < -0.4 is 10.1 Å². The van der Waals surface area contributed by atoms with Crippen LogP contribution in [0, 0.1) is 18.8 Å². The second-order valence-electron chi connectivity index (χ2n) is 8.83. The minimum atomic E-state index is -0.285. The van der Waals surface area contributed by atoms with Gasteiger partial charge >= 0.3 is 5.97 Å². The predicted molar refractivity (Wildman–Crippen MR) is 127 cm³/mol. The third kappa shape index (κ3) is 6.20. The zero-order valence-electron chi connectivity index (χ0n) is 20.2. The summed E-state index contributed by atoms with van der Waals surface area (Å²) in [6.07, 6.45) is 3.47. The van der Waals surface area contributed by atoms with E-state index < -0.39 is 0 Å². The van der Waals surface area contributed by atoms with Gasteiger partial charge in [-0.25, -0.2) is 4.98 Å². The molecule has 1 aliphatic carbocycles. The van der Waals surface area contributed by atoms with Gasteiger partial charge in [-0.15, -0.1) is 10.2 Å². The minimum absolute atomic E-state index is 0.0104. The van der Waals surface area contributed by atoms with E-state index in [4.69, 9.17) is 9.47 Å². The Kier molecular flexibility index (Phi) is 7.69. The molecular weight excluding hydrogens is 448 g/mol. The summed E-state index contributed by atoms with van der Waals surface area (Å²) in [6.45, 7) is 2.82. The molecule has 0 spiro atoms. The van der Waals surface area contributed by atoms with Crippen LogP contribution in [0.3, 0.4) is 0 Å². The van der Waals surface area contributed by atoms with Gasteiger partial charge in [0, 0.05) is 17.8 Å². The van der Waals surface area contributed by atoms with Crippen molar-refractivity contribution in [2.75, 3.05) is 14.2 Å². The van der Waals surface area contributed by atoms with E-state index in [0.717, 1.165) is 37.0 Å². The molecule has 1 saturated carbocycles. The van der Waals surface area contributed by atoms with Crippen LogP contribution in [0.5, 0.6) is 5.75 Å². The van der Waals surface area contributed by atoms with Gasteiger partial charge in [0.25, 0.3) is 5.91 Å². The molecule has 1 aliphatic rings. The molecule has 35 heavy (non-hydrogen) atoms. The van der Waals surface area contributed by atoms with E-state index in [1.54, 1.807) is 18.0 Å². The summed E-state index contributed by atoms with van der Waals surface area (Å²) in [5.74, 6) is 1.14. The molecule has 1 N–H and O–H groups in total. The number of hydrogen-bond donors (Lipinski definition) is 1. The van der Waals surface area contributed by atoms with E-state index in [1.807, 2.05) is 37.3 Å². The van der Waals surface area contributed by atoms with Gasteiger partial charge in [-0.05, 0) is 73.6 Å². The van der Waals surface area contributed by atoms with Gasteiger partial charge in [0.05, 0.1) is 26.7 Å². The Balaban J connectivity index is 1.39. The highest BCUT2D eigenvalue weighted by Crippen LogP contribution is 2.30. The van der Waals surface area contributed by atoms with Gasteiger partial charge in [0.1, 0.15) is 11.4 Å². The summed E-state index contributed by atoms with van der Waals surface area (Å²) in [5.41, 5.74) is 2.59. The Morgan fingerprint density at radius 3 is 2.66 bits per heavy atom. The third-order valence-corrected chi connectivity index (χ3v) is 6.29. The minimum Gasteiger partial charge on any atom is -0.497 e. The van der Waals surface area contributed by atoms with Crippen molar-refractivity contribution in [3.8, 4) is 17.1 Å². The van der Waals surface area contributed by atoms with E-state index in [9.17, 15) is 9.59 Å². The van der Waals surface area contributed by atoms with Crippen LogP contribution in [-0.4, -0.2) is 51.3 Å². The van der Waals surface area contributed by atoms with Crippen molar-refractivity contribution in [1.82, 2.24) is 30.5 Å². The van der Waals surface area contributed by atoms with Gasteiger partial charge < -0.3 is 14.8 Å². The topological polar surface area (TPSA) is 121 Å². The van der Waals surface area contributed by atoms with Gasteiger partial charge in [0.2, 0.25) is 5.82 Å². The maximum atomic E-state index is 12.8. The molecule has 2 heterocycles. The van der Waals surface area contributed by atoms with Crippen LogP contribution in [0.1, 0.15) is 47.4 Å². The quantitative estimate of drug-likeness (QED) is 0.491. The van der Waals surface area contributed by atoms with E-state index >= 15 is 0 Å². The normalized spacial score (nSPS) is 17.6. The number of rotatable bonds is 8. The highest BCUT2D eigenvalue weighted by Gasteiger charge is 2.27. The average Bonchev–Trinajstić information content (AvgIpc) is 3.35. The van der Waals surface area contributed by atoms with Crippen molar-refractivity contribution < 1.29 is 19.1 Å². The van der Waals surface area contributed by atoms with Gasteiger partial charge in [-0.1, -0.05) is 12.1 Å². The number of carbonyl (C=O) groups excluding carboxylic acids is 2. The van der Waals surface area contributed by atoms with E-state index in [1.165, 1.54) is 7.11 Å². The molecule has 1 aromatic carbocycles. The number of ether oxygens (including phenoxy) is 2. The molecule has 0 radical (unpaired) electrons. The average molecular weight is 479 g/mol. The summed E-state index contributed by atoms with van der Waals surface area (Å²) >= 11 is 0. The van der Waals surface area contributed by atoms with Crippen molar-refractivity contribution in [2.45, 2.75) is 45.7 Å². The Labute approximate surface area is 204 Å². The maximum absolute atomic E-state index is 12.8. The third-order valence-electron chi connectivity index (χ3n) is 6.29. The van der Waals surface area contributed by atoms with Crippen molar-refractivity contribution >= 4 is 11.9 Å². The van der Waals surface area contributed by atoms with Crippen LogP contribution in [0.15, 0.2) is 36.4 Å². The number of esters is 1. The number of methoxy groups -OCH3 is 2. The van der Waals surface area contributed by atoms with Crippen molar-refractivity contribution in [3.05, 3.63) is 53.3 Å². The summed E-state index contributed by atoms with van der Waals surface area (Å²) < 4.78 is 10.1. The molecular formula is C25H30N6O4. The first-order valence-electron chi connectivity index (χ1n) is 11.7. The van der Waals surface area contributed by atoms with Crippen LogP contribution in [-0.2, 0) is 22.6 Å². The smallest absolute Gasteiger partial charge is 0.308 e. The molecule has 3 aromatic rings. The first kappa shape index (κ1) is 24.3. The highest BCUT2D eigenvalue weighted by atomic mass is 16.5. The Morgan fingerprint density at radius 1 is 1.11 bits per heavy atom. The summed E-state index contributed by atoms with van der Waals surface area (Å²) in [6, 6.07) is 11.0. The molecule has 0 unspecified atom stereocenters. The molecule has 0 bridgehead atoms. The number of tetrazole rings is 1. The molecule has 0 aliphatic heterocycles. The van der Waals surface area contributed by atoms with Crippen LogP contribution in [0.25, 0.3) is 11.4 Å². The number of amides is 1. The standard InChI is InChI=1S/C25H30N6O4/c1-16-11-20(13-22(27-16)24(32)26-14-18-5-4-6-21(12-18)34-2)23-28-30-31(29-23)15-17-7-9-19(10-8-17)25(33)35-3/h4-6,11-13,17,19H,7-10,14-15H2,1-3H3,(H,26,32)/t17-,19-. The molecule has 4 rings (SSSR count). The summed E-state index contributed by atoms with van der Waals surface area (Å²) in [7, 11) is 3.04. The molecule has 10 nitrogen and oxygen atoms in total. The van der Waals surface area contributed by atoms with Gasteiger partial charge in [-0.2, -0.15) is 4.80 Å². The van der Waals surface area contributed by atoms with E-state index in [0.29, 0.717) is 41.8 Å². The zero-order chi connectivity index (χ0) is 24.8. The number of aryl methyl sites for hydroxylation is 1. The van der Waals surface area contributed by atoms with Gasteiger partial charge in [0.15, 0.2) is 0 Å². The van der Waals surface area contributed by atoms with Crippen molar-refractivity contribution in [3.63, 3.8) is 0 Å². The number of nitrogens with zero attached hydrogens (tertiary/aromatic N) is 5. The summed E-state index contributed by atoms with van der Waals surface area (Å²) in [5, 5.41) is 15.8. The number of carbonyl (C=O) groups is 2. The number of benzene rings is 1. The maximum Gasteiger partial charge on any atom is 0.308 e. The zero-order valence-corrected chi connectivity index (χ0v) is 20.2. The Morgan fingerprint density at radius 2 is 1.91 bits per heavy atom. The number of aromatic nitrogens is 5. The Hall–Kier alpha value is -3.82. The van der Waals surface area contributed by atoms with Crippen LogP contribution in [0.4, 0.5) is 0 Å². The molecule has 0 atom stereocenters. The highest BCUT2D eigenvalue weighted by molar-refractivity contribution is 5.93. The molecule has 2 aromatic heterocycles. The molecule has 0 saturated heterocycles. The van der Waals surface area contributed by atoms with E-state index in [2.05, 4.69) is 25.7 Å². The first-order valence-corrected chi connectivity index (χ1v) is 11.7. The van der Waals surface area contributed by atoms with Gasteiger partial charge in [-0.3, -0.25) is 9.59 Å². The summed E-state index contributed by atoms with van der Waals surface area (Å²) in [4.78, 5) is 30.5. The van der Waals surface area contributed by atoms with E-state index in [-0.39, 0.29) is 17.8 Å². The van der Waals surface area contributed by atoms with Crippen LogP contribution in [0.2, 0.25) is 0 Å². The molecule has 1 amide bonds. The van der Waals surface area contributed by atoms with Crippen LogP contribution >= 0.6 is 0 Å².